The van der Waals surface area contributed by atoms with E-state index in [1.807, 2.05) is 12.1 Å². The van der Waals surface area contributed by atoms with Crippen LogP contribution in [-0.4, -0.2) is 9.97 Å². The van der Waals surface area contributed by atoms with Crippen LogP contribution in [0.4, 0.5) is 0 Å². The van der Waals surface area contributed by atoms with Gasteiger partial charge in [-0.25, -0.2) is 9.97 Å². The zero-order chi connectivity index (χ0) is 10.8. The van der Waals surface area contributed by atoms with Gasteiger partial charge in [0.2, 0.25) is 0 Å². The molecule has 0 radical (unpaired) electrons. The van der Waals surface area contributed by atoms with Gasteiger partial charge in [0.15, 0.2) is 5.82 Å². The maximum absolute atomic E-state index is 6.04. The zero-order valence-electron chi connectivity index (χ0n) is 7.42. The van der Waals surface area contributed by atoms with Crippen molar-refractivity contribution in [1.29, 1.82) is 0 Å². The van der Waals surface area contributed by atoms with Gasteiger partial charge in [-0.3, -0.25) is 0 Å². The van der Waals surface area contributed by atoms with Crippen molar-refractivity contribution in [3.63, 3.8) is 0 Å². The van der Waals surface area contributed by atoms with E-state index in [-0.39, 0.29) is 0 Å². The molecule has 2 aromatic rings. The van der Waals surface area contributed by atoms with Crippen molar-refractivity contribution >= 4 is 39.1 Å². The van der Waals surface area contributed by atoms with Crippen LogP contribution in [0.3, 0.4) is 0 Å². The fourth-order valence-corrected chi connectivity index (χ4v) is 1.83. The van der Waals surface area contributed by atoms with Crippen molar-refractivity contribution < 1.29 is 0 Å². The van der Waals surface area contributed by atoms with E-state index in [4.69, 9.17) is 23.2 Å². The normalized spacial score (nSPS) is 10.3. The van der Waals surface area contributed by atoms with Gasteiger partial charge in [-0.2, -0.15) is 0 Å². The average molecular weight is 304 g/mol. The third-order valence-electron chi connectivity index (χ3n) is 1.79. The molecule has 1 heterocycles. The highest BCUT2D eigenvalue weighted by molar-refractivity contribution is 9.10. The van der Waals surface area contributed by atoms with Crippen molar-refractivity contribution in [1.82, 2.24) is 9.97 Å². The fourth-order valence-electron chi connectivity index (χ4n) is 1.14. The molecule has 0 atom stereocenters. The van der Waals surface area contributed by atoms with Gasteiger partial charge in [-0.15, -0.1) is 0 Å². The minimum Gasteiger partial charge on any atom is -0.236 e. The van der Waals surface area contributed by atoms with Gasteiger partial charge in [-0.1, -0.05) is 39.1 Å². The highest BCUT2D eigenvalue weighted by Crippen LogP contribution is 2.28. The Kier molecular flexibility index (Phi) is 3.24. The van der Waals surface area contributed by atoms with Crippen LogP contribution in [0.5, 0.6) is 0 Å². The molecule has 0 saturated carbocycles. The molecule has 0 amide bonds. The summed E-state index contributed by atoms with van der Waals surface area (Å²) in [6.45, 7) is 0. The quantitative estimate of drug-likeness (QED) is 0.737. The van der Waals surface area contributed by atoms with E-state index in [2.05, 4.69) is 25.9 Å². The number of halogens is 3. The molecule has 0 spiro atoms. The Hall–Kier alpha value is -0.640. The Morgan fingerprint density at radius 1 is 1.13 bits per heavy atom. The summed E-state index contributed by atoms with van der Waals surface area (Å²) >= 11 is 15.2. The molecule has 1 aromatic carbocycles. The van der Waals surface area contributed by atoms with Crippen LogP contribution >= 0.6 is 39.1 Å². The molecule has 0 saturated heterocycles. The molecular weight excluding hydrogens is 299 g/mol. The van der Waals surface area contributed by atoms with Gasteiger partial charge < -0.3 is 0 Å². The van der Waals surface area contributed by atoms with Crippen molar-refractivity contribution in [2.24, 2.45) is 0 Å². The summed E-state index contributed by atoms with van der Waals surface area (Å²) in [4.78, 5) is 8.21. The van der Waals surface area contributed by atoms with Crippen molar-refractivity contribution in [3.05, 3.63) is 45.1 Å². The van der Waals surface area contributed by atoms with Gasteiger partial charge in [0, 0.05) is 16.2 Å². The molecule has 5 heteroatoms. The van der Waals surface area contributed by atoms with E-state index in [1.165, 1.54) is 0 Å². The predicted molar refractivity (Wildman–Crippen MR) is 65.2 cm³/mol. The van der Waals surface area contributed by atoms with Crippen LogP contribution in [0.1, 0.15) is 0 Å². The lowest BCUT2D eigenvalue weighted by Gasteiger charge is -2.03. The Morgan fingerprint density at radius 2 is 1.93 bits per heavy atom. The first-order valence-electron chi connectivity index (χ1n) is 4.11. The van der Waals surface area contributed by atoms with Crippen LogP contribution in [0, 0.1) is 0 Å². The highest BCUT2D eigenvalue weighted by Gasteiger charge is 2.07. The van der Waals surface area contributed by atoms with Crippen LogP contribution in [-0.2, 0) is 0 Å². The second-order valence-corrected chi connectivity index (χ2v) is 4.54. The molecular formula is C10H5BrCl2N2. The van der Waals surface area contributed by atoms with E-state index in [1.54, 1.807) is 18.3 Å². The molecule has 0 aliphatic carbocycles. The Labute approximate surface area is 105 Å². The summed E-state index contributed by atoms with van der Waals surface area (Å²) in [5, 5.41) is 0.997. The molecule has 15 heavy (non-hydrogen) atoms. The largest absolute Gasteiger partial charge is 0.236 e. The van der Waals surface area contributed by atoms with Gasteiger partial charge in [0.1, 0.15) is 5.15 Å². The molecule has 2 nitrogen and oxygen atoms in total. The summed E-state index contributed by atoms with van der Waals surface area (Å²) in [5.41, 5.74) is 0.758. The van der Waals surface area contributed by atoms with Crippen LogP contribution in [0.2, 0.25) is 10.2 Å². The third kappa shape index (κ3) is 2.48. The van der Waals surface area contributed by atoms with E-state index in [0.717, 1.165) is 10.0 Å². The monoisotopic (exact) mass is 302 g/mol. The minimum absolute atomic E-state index is 0.399. The molecule has 0 bridgehead atoms. The molecule has 0 unspecified atom stereocenters. The molecule has 2 rings (SSSR count). The number of rotatable bonds is 1. The summed E-state index contributed by atoms with van der Waals surface area (Å²) in [7, 11) is 0. The smallest absolute Gasteiger partial charge is 0.162 e. The lowest BCUT2D eigenvalue weighted by molar-refractivity contribution is 1.18. The van der Waals surface area contributed by atoms with E-state index < -0.39 is 0 Å². The molecule has 0 aliphatic rings. The zero-order valence-corrected chi connectivity index (χ0v) is 10.5. The summed E-state index contributed by atoms with van der Waals surface area (Å²) < 4.78 is 0.922. The molecule has 0 fully saturated rings. The number of hydrogen-bond acceptors (Lipinski definition) is 2. The van der Waals surface area contributed by atoms with Crippen molar-refractivity contribution in [2.75, 3.05) is 0 Å². The maximum Gasteiger partial charge on any atom is 0.162 e. The van der Waals surface area contributed by atoms with Gasteiger partial charge in [-0.05, 0) is 24.3 Å². The van der Waals surface area contributed by atoms with E-state index >= 15 is 0 Å². The number of aromatic nitrogens is 2. The third-order valence-corrected chi connectivity index (χ3v) is 2.82. The minimum atomic E-state index is 0.399. The second kappa shape index (κ2) is 4.47. The molecule has 1 aromatic heterocycles. The average Bonchev–Trinajstić information content (AvgIpc) is 2.22. The van der Waals surface area contributed by atoms with Crippen molar-refractivity contribution in [2.45, 2.75) is 0 Å². The SMILES string of the molecule is Clc1ccnc(-c2cc(Br)ccc2Cl)n1. The van der Waals surface area contributed by atoms with Crippen LogP contribution in [0.15, 0.2) is 34.9 Å². The first-order valence-corrected chi connectivity index (χ1v) is 5.65. The summed E-state index contributed by atoms with van der Waals surface area (Å²) in [6, 6.07) is 7.12. The standard InChI is InChI=1S/C10H5BrCl2N2/c11-6-1-2-8(12)7(5-6)10-14-4-3-9(13)15-10/h1-5H. The predicted octanol–water partition coefficient (Wildman–Crippen LogP) is 4.21. The number of hydrogen-bond donors (Lipinski definition) is 0. The van der Waals surface area contributed by atoms with Crippen molar-refractivity contribution in [3.8, 4) is 11.4 Å². The first kappa shape index (κ1) is 10.9. The van der Waals surface area contributed by atoms with Crippen LogP contribution in [0.25, 0.3) is 11.4 Å². The molecule has 0 aliphatic heterocycles. The fraction of sp³-hybridized carbons (Fsp3) is 0. The topological polar surface area (TPSA) is 25.8 Å². The summed E-state index contributed by atoms with van der Waals surface area (Å²) in [5.74, 6) is 0.522. The first-order chi connectivity index (χ1) is 7.16. The van der Waals surface area contributed by atoms with Gasteiger partial charge >= 0.3 is 0 Å². The van der Waals surface area contributed by atoms with Gasteiger partial charge in [0.25, 0.3) is 0 Å². The Balaban J connectivity index is 2.58. The lowest BCUT2D eigenvalue weighted by atomic mass is 10.2. The number of nitrogens with zero attached hydrogens (tertiary/aromatic N) is 2. The lowest BCUT2D eigenvalue weighted by Crippen LogP contribution is -1.89. The number of benzene rings is 1. The summed E-state index contributed by atoms with van der Waals surface area (Å²) in [6.07, 6.45) is 1.60. The second-order valence-electron chi connectivity index (χ2n) is 2.83. The maximum atomic E-state index is 6.04. The highest BCUT2D eigenvalue weighted by atomic mass is 79.9. The Morgan fingerprint density at radius 3 is 2.67 bits per heavy atom. The molecule has 76 valence electrons. The van der Waals surface area contributed by atoms with E-state index in [9.17, 15) is 0 Å². The Bertz CT molecular complexity index is 503. The molecule has 0 N–H and O–H groups in total. The van der Waals surface area contributed by atoms with Gasteiger partial charge in [0.05, 0.1) is 5.02 Å². The van der Waals surface area contributed by atoms with E-state index in [0.29, 0.717) is 16.0 Å². The van der Waals surface area contributed by atoms with Crippen LogP contribution < -0.4 is 0 Å².